The second kappa shape index (κ2) is 9.94. The highest BCUT2D eigenvalue weighted by atomic mass is 19.1. The number of carboxylic acid groups (broad SMARTS) is 1. The molecule has 0 bridgehead atoms. The van der Waals surface area contributed by atoms with Gasteiger partial charge in [-0.15, -0.1) is 5.92 Å². The molecular weight excluding hydrogens is 231 g/mol. The van der Waals surface area contributed by atoms with Gasteiger partial charge < -0.3 is 5.11 Å². The van der Waals surface area contributed by atoms with E-state index in [1.807, 2.05) is 6.92 Å². The number of hydrogen-bond acceptors (Lipinski definition) is 1. The summed E-state index contributed by atoms with van der Waals surface area (Å²) in [6, 6.07) is 0. The molecule has 0 radical (unpaired) electrons. The van der Waals surface area contributed by atoms with E-state index in [-0.39, 0.29) is 12.8 Å². The molecule has 0 spiro atoms. The zero-order chi connectivity index (χ0) is 13.9. The molecule has 0 aliphatic heterocycles. The highest BCUT2D eigenvalue weighted by Crippen LogP contribution is 2.24. The van der Waals surface area contributed by atoms with Gasteiger partial charge in [0.2, 0.25) is 5.67 Å². The van der Waals surface area contributed by atoms with Crippen LogP contribution in [0.4, 0.5) is 4.39 Å². The molecule has 1 atom stereocenters. The third kappa shape index (κ3) is 7.32. The van der Waals surface area contributed by atoms with Crippen molar-refractivity contribution in [2.45, 2.75) is 77.3 Å². The Morgan fingerprint density at radius 2 is 1.72 bits per heavy atom. The molecule has 0 aliphatic carbocycles. The molecular formula is C15H25FO2. The predicted octanol–water partition coefficient (Wildman–Crippen LogP) is 4.33. The van der Waals surface area contributed by atoms with Crippen LogP contribution in [-0.4, -0.2) is 16.7 Å². The van der Waals surface area contributed by atoms with Gasteiger partial charge in [-0.3, -0.25) is 0 Å². The number of rotatable bonds is 9. The van der Waals surface area contributed by atoms with E-state index in [4.69, 9.17) is 5.11 Å². The lowest BCUT2D eigenvalue weighted by Crippen LogP contribution is -2.33. The van der Waals surface area contributed by atoms with E-state index >= 15 is 0 Å². The lowest BCUT2D eigenvalue weighted by molar-refractivity contribution is -0.151. The second-order valence-corrected chi connectivity index (χ2v) is 4.67. The SMILES string of the molecule is CCC#CCC(F)(CCCCCCCC)C(=O)O. The first-order valence-corrected chi connectivity index (χ1v) is 6.95. The quantitative estimate of drug-likeness (QED) is 0.492. The van der Waals surface area contributed by atoms with Crippen molar-refractivity contribution in [2.24, 2.45) is 0 Å². The molecule has 2 nitrogen and oxygen atoms in total. The predicted molar refractivity (Wildman–Crippen MR) is 72.2 cm³/mol. The van der Waals surface area contributed by atoms with Gasteiger partial charge in [-0.1, -0.05) is 51.9 Å². The van der Waals surface area contributed by atoms with Crippen molar-refractivity contribution < 1.29 is 14.3 Å². The Morgan fingerprint density at radius 3 is 2.28 bits per heavy atom. The van der Waals surface area contributed by atoms with Crippen molar-refractivity contribution in [1.29, 1.82) is 0 Å². The fourth-order valence-corrected chi connectivity index (χ4v) is 1.78. The maximum Gasteiger partial charge on any atom is 0.342 e. The molecule has 0 fully saturated rings. The molecule has 0 amide bonds. The van der Waals surface area contributed by atoms with Crippen LogP contribution in [0.3, 0.4) is 0 Å². The minimum Gasteiger partial charge on any atom is -0.479 e. The summed E-state index contributed by atoms with van der Waals surface area (Å²) in [4.78, 5) is 10.9. The summed E-state index contributed by atoms with van der Waals surface area (Å²) in [5.41, 5.74) is -2.16. The molecule has 1 N–H and O–H groups in total. The Balaban J connectivity index is 3.99. The molecule has 0 rings (SSSR count). The third-order valence-electron chi connectivity index (χ3n) is 2.98. The first-order valence-electron chi connectivity index (χ1n) is 6.95. The normalized spacial score (nSPS) is 13.5. The van der Waals surface area contributed by atoms with Crippen molar-refractivity contribution in [2.75, 3.05) is 0 Å². The van der Waals surface area contributed by atoms with Gasteiger partial charge in [0, 0.05) is 6.42 Å². The molecule has 0 saturated carbocycles. The van der Waals surface area contributed by atoms with E-state index in [0.717, 1.165) is 19.3 Å². The fraction of sp³-hybridized carbons (Fsp3) is 0.800. The van der Waals surface area contributed by atoms with Crippen LogP contribution in [0.5, 0.6) is 0 Å². The maximum atomic E-state index is 14.1. The molecule has 3 heteroatoms. The van der Waals surface area contributed by atoms with Crippen LogP contribution >= 0.6 is 0 Å². The molecule has 0 aromatic heterocycles. The Kier molecular flexibility index (Phi) is 9.36. The van der Waals surface area contributed by atoms with Crippen molar-refractivity contribution in [3.63, 3.8) is 0 Å². The van der Waals surface area contributed by atoms with Crippen molar-refractivity contribution in [3.8, 4) is 11.8 Å². The van der Waals surface area contributed by atoms with E-state index in [0.29, 0.717) is 12.8 Å². The molecule has 18 heavy (non-hydrogen) atoms. The summed E-state index contributed by atoms with van der Waals surface area (Å²) in [6.07, 6.45) is 6.63. The van der Waals surface area contributed by atoms with Gasteiger partial charge in [-0.25, -0.2) is 9.18 Å². The van der Waals surface area contributed by atoms with Crippen LogP contribution in [0.25, 0.3) is 0 Å². The third-order valence-corrected chi connectivity index (χ3v) is 2.98. The first-order chi connectivity index (χ1) is 8.56. The number of carboxylic acids is 1. The Morgan fingerprint density at radius 1 is 1.11 bits per heavy atom. The highest BCUT2D eigenvalue weighted by molar-refractivity contribution is 5.77. The summed E-state index contributed by atoms with van der Waals surface area (Å²) >= 11 is 0. The van der Waals surface area contributed by atoms with E-state index in [9.17, 15) is 9.18 Å². The van der Waals surface area contributed by atoms with E-state index in [1.165, 1.54) is 12.8 Å². The zero-order valence-corrected chi connectivity index (χ0v) is 11.6. The number of unbranched alkanes of at least 4 members (excludes halogenated alkanes) is 5. The van der Waals surface area contributed by atoms with Gasteiger partial charge in [-0.2, -0.15) is 0 Å². The number of carbonyl (C=O) groups is 1. The number of halogens is 1. The molecule has 0 heterocycles. The fourth-order valence-electron chi connectivity index (χ4n) is 1.78. The minimum atomic E-state index is -2.16. The molecule has 1 unspecified atom stereocenters. The van der Waals surface area contributed by atoms with Crippen LogP contribution in [-0.2, 0) is 4.79 Å². The van der Waals surface area contributed by atoms with Gasteiger partial charge in [-0.05, 0) is 12.8 Å². The van der Waals surface area contributed by atoms with Crippen molar-refractivity contribution in [1.82, 2.24) is 0 Å². The molecule has 0 aromatic rings. The van der Waals surface area contributed by atoms with Crippen LogP contribution in [0.2, 0.25) is 0 Å². The topological polar surface area (TPSA) is 37.3 Å². The average Bonchev–Trinajstić information content (AvgIpc) is 2.34. The van der Waals surface area contributed by atoms with E-state index in [1.54, 1.807) is 0 Å². The Bertz CT molecular complexity index is 291. The summed E-state index contributed by atoms with van der Waals surface area (Å²) in [7, 11) is 0. The van der Waals surface area contributed by atoms with E-state index < -0.39 is 11.6 Å². The van der Waals surface area contributed by atoms with Gasteiger partial charge >= 0.3 is 5.97 Å². The maximum absolute atomic E-state index is 14.1. The smallest absolute Gasteiger partial charge is 0.342 e. The average molecular weight is 256 g/mol. The number of hydrogen-bond donors (Lipinski definition) is 1. The first kappa shape index (κ1) is 17.0. The Hall–Kier alpha value is -1.04. The molecule has 0 aromatic carbocycles. The van der Waals surface area contributed by atoms with Gasteiger partial charge in [0.15, 0.2) is 0 Å². The summed E-state index contributed by atoms with van der Waals surface area (Å²) in [5.74, 6) is 3.96. The number of aliphatic carboxylic acids is 1. The molecule has 0 aliphatic rings. The summed E-state index contributed by atoms with van der Waals surface area (Å²) < 4.78 is 14.1. The molecule has 0 saturated heterocycles. The van der Waals surface area contributed by atoms with Crippen LogP contribution in [0, 0.1) is 11.8 Å². The van der Waals surface area contributed by atoms with Crippen molar-refractivity contribution in [3.05, 3.63) is 0 Å². The summed E-state index contributed by atoms with van der Waals surface area (Å²) in [6.45, 7) is 4.00. The van der Waals surface area contributed by atoms with Crippen LogP contribution < -0.4 is 0 Å². The van der Waals surface area contributed by atoms with Gasteiger partial charge in [0.05, 0.1) is 6.42 Å². The standard InChI is InChI=1S/C15H25FO2/c1-3-5-7-8-9-11-13-15(16,14(17)18)12-10-6-4-2/h3-5,7-9,11-13H2,1-2H3,(H,17,18). The minimum absolute atomic E-state index is 0.0762. The monoisotopic (exact) mass is 256 g/mol. The van der Waals surface area contributed by atoms with Gasteiger partial charge in [0.1, 0.15) is 0 Å². The van der Waals surface area contributed by atoms with Crippen LogP contribution in [0.1, 0.15) is 71.6 Å². The van der Waals surface area contributed by atoms with Gasteiger partial charge in [0.25, 0.3) is 0 Å². The molecule has 104 valence electrons. The lowest BCUT2D eigenvalue weighted by Gasteiger charge is -2.17. The zero-order valence-electron chi connectivity index (χ0n) is 11.6. The Labute approximate surface area is 110 Å². The van der Waals surface area contributed by atoms with E-state index in [2.05, 4.69) is 18.8 Å². The number of alkyl halides is 1. The highest BCUT2D eigenvalue weighted by Gasteiger charge is 2.37. The largest absolute Gasteiger partial charge is 0.479 e. The van der Waals surface area contributed by atoms with Crippen LogP contribution in [0.15, 0.2) is 0 Å². The lowest BCUT2D eigenvalue weighted by atomic mass is 9.94. The summed E-state index contributed by atoms with van der Waals surface area (Å²) in [5, 5.41) is 8.93. The second-order valence-electron chi connectivity index (χ2n) is 4.67. The van der Waals surface area contributed by atoms with Crippen molar-refractivity contribution >= 4 is 5.97 Å².